The van der Waals surface area contributed by atoms with Crippen LogP contribution in [-0.4, -0.2) is 38.9 Å². The van der Waals surface area contributed by atoms with Crippen molar-refractivity contribution in [2.24, 2.45) is 11.3 Å². The molecule has 0 bridgehead atoms. The first kappa shape index (κ1) is 16.3. The summed E-state index contributed by atoms with van der Waals surface area (Å²) in [4.78, 5) is 25.0. The maximum Gasteiger partial charge on any atom is 0.323 e. The molecule has 1 aliphatic heterocycles. The molecule has 0 radical (unpaired) electrons. The Morgan fingerprint density at radius 2 is 1.57 bits per heavy atom. The predicted octanol–water partition coefficient (Wildman–Crippen LogP) is 2.47. The molecule has 1 unspecified atom stereocenters. The third-order valence-corrected chi connectivity index (χ3v) is 4.98. The minimum Gasteiger partial charge on any atom is -0.468 e. The second-order valence-corrected chi connectivity index (χ2v) is 6.13. The predicted molar refractivity (Wildman–Crippen MR) is 76.6 cm³/mol. The van der Waals surface area contributed by atoms with E-state index < -0.39 is 17.4 Å². The number of carbonyl (C=O) groups is 2. The fourth-order valence-corrected chi connectivity index (χ4v) is 3.86. The van der Waals surface area contributed by atoms with Crippen LogP contribution in [0.2, 0.25) is 0 Å². The summed E-state index contributed by atoms with van der Waals surface area (Å²) in [5.41, 5.74) is -1.19. The van der Waals surface area contributed by atoms with Crippen molar-refractivity contribution >= 4 is 11.9 Å². The Morgan fingerprint density at radius 3 is 2.05 bits per heavy atom. The molecule has 1 atom stereocenters. The lowest BCUT2D eigenvalue weighted by atomic mass is 9.69. The highest BCUT2D eigenvalue weighted by Gasteiger charge is 2.56. The number of methoxy groups -OCH3 is 2. The van der Waals surface area contributed by atoms with Gasteiger partial charge in [-0.2, -0.15) is 0 Å². The summed E-state index contributed by atoms with van der Waals surface area (Å²) in [5.74, 6) is -0.922. The van der Waals surface area contributed by atoms with Gasteiger partial charge < -0.3 is 14.2 Å². The number of hydrogen-bond donors (Lipinski definition) is 0. The number of esters is 2. The molecule has 21 heavy (non-hydrogen) atoms. The van der Waals surface area contributed by atoms with Gasteiger partial charge >= 0.3 is 11.9 Å². The average molecular weight is 298 g/mol. The highest BCUT2D eigenvalue weighted by Crippen LogP contribution is 2.46. The molecule has 0 aromatic rings. The first-order valence-electron chi connectivity index (χ1n) is 7.93. The Kier molecular flexibility index (Phi) is 5.62. The third kappa shape index (κ3) is 3.23. The molecule has 1 saturated carbocycles. The molecule has 0 aromatic carbocycles. The highest BCUT2D eigenvalue weighted by atomic mass is 16.5. The van der Waals surface area contributed by atoms with E-state index in [0.717, 1.165) is 44.9 Å². The second kappa shape index (κ2) is 7.25. The fraction of sp³-hybridized carbons (Fsp3) is 0.875. The number of rotatable bonds is 5. The van der Waals surface area contributed by atoms with Gasteiger partial charge in [0.1, 0.15) is 0 Å². The Labute approximate surface area is 126 Å². The van der Waals surface area contributed by atoms with Crippen molar-refractivity contribution in [1.82, 2.24) is 0 Å². The molecule has 0 spiro atoms. The smallest absolute Gasteiger partial charge is 0.323 e. The first-order chi connectivity index (χ1) is 10.1. The Balaban J connectivity index is 2.28. The summed E-state index contributed by atoms with van der Waals surface area (Å²) in [6.07, 6.45) is 7.18. The quantitative estimate of drug-likeness (QED) is 0.576. The van der Waals surface area contributed by atoms with Crippen LogP contribution in [0.25, 0.3) is 0 Å². The van der Waals surface area contributed by atoms with Crippen LogP contribution in [0.1, 0.15) is 51.4 Å². The van der Waals surface area contributed by atoms with E-state index in [0.29, 0.717) is 13.0 Å². The van der Waals surface area contributed by atoms with Crippen molar-refractivity contribution in [2.45, 2.75) is 57.5 Å². The summed E-state index contributed by atoms with van der Waals surface area (Å²) in [6, 6.07) is 0. The van der Waals surface area contributed by atoms with Crippen LogP contribution >= 0.6 is 0 Å². The summed E-state index contributed by atoms with van der Waals surface area (Å²) >= 11 is 0. The zero-order valence-corrected chi connectivity index (χ0v) is 13.1. The maximum atomic E-state index is 12.5. The zero-order valence-electron chi connectivity index (χ0n) is 13.1. The summed E-state index contributed by atoms with van der Waals surface area (Å²) in [6.45, 7) is 0.702. The third-order valence-electron chi connectivity index (χ3n) is 4.98. The topological polar surface area (TPSA) is 61.8 Å². The van der Waals surface area contributed by atoms with Gasteiger partial charge in [0, 0.05) is 13.0 Å². The van der Waals surface area contributed by atoms with E-state index in [4.69, 9.17) is 14.2 Å². The van der Waals surface area contributed by atoms with Crippen molar-refractivity contribution in [2.75, 3.05) is 20.8 Å². The molecule has 1 aliphatic carbocycles. The molecule has 5 heteroatoms. The lowest BCUT2D eigenvalue weighted by Gasteiger charge is -2.37. The maximum absolute atomic E-state index is 12.5. The summed E-state index contributed by atoms with van der Waals surface area (Å²) < 4.78 is 15.8. The molecule has 2 rings (SSSR count). The van der Waals surface area contributed by atoms with E-state index in [-0.39, 0.29) is 12.0 Å². The zero-order chi connectivity index (χ0) is 15.3. The molecule has 0 amide bonds. The standard InChI is InChI=1S/C16H26O5/c1-19-14(17)16(15(18)20-2,12-7-3-4-8-12)11-13-9-5-6-10-21-13/h12-13H,3-11H2,1-2H3. The van der Waals surface area contributed by atoms with Gasteiger partial charge in [0.25, 0.3) is 0 Å². The van der Waals surface area contributed by atoms with Gasteiger partial charge in [0.2, 0.25) is 0 Å². The van der Waals surface area contributed by atoms with E-state index in [1.54, 1.807) is 0 Å². The molecule has 120 valence electrons. The molecular formula is C16H26O5. The molecule has 1 saturated heterocycles. The first-order valence-corrected chi connectivity index (χ1v) is 7.93. The van der Waals surface area contributed by atoms with Crippen LogP contribution in [0, 0.1) is 11.3 Å². The summed E-state index contributed by atoms with van der Waals surface area (Å²) in [7, 11) is 2.69. The Hall–Kier alpha value is -1.10. The van der Waals surface area contributed by atoms with Gasteiger partial charge in [0.15, 0.2) is 5.41 Å². The van der Waals surface area contributed by atoms with E-state index in [1.807, 2.05) is 0 Å². The highest BCUT2D eigenvalue weighted by molar-refractivity contribution is 6.00. The Bertz CT molecular complexity index is 351. The number of ether oxygens (including phenoxy) is 3. The van der Waals surface area contributed by atoms with Gasteiger partial charge in [-0.3, -0.25) is 9.59 Å². The Morgan fingerprint density at radius 1 is 1.00 bits per heavy atom. The number of hydrogen-bond acceptors (Lipinski definition) is 5. The average Bonchev–Trinajstić information content (AvgIpc) is 3.06. The monoisotopic (exact) mass is 298 g/mol. The van der Waals surface area contributed by atoms with E-state index in [2.05, 4.69) is 0 Å². The van der Waals surface area contributed by atoms with Gasteiger partial charge in [-0.1, -0.05) is 12.8 Å². The fourth-order valence-electron chi connectivity index (χ4n) is 3.86. The van der Waals surface area contributed by atoms with Gasteiger partial charge in [-0.05, 0) is 38.0 Å². The van der Waals surface area contributed by atoms with Crippen LogP contribution in [0.3, 0.4) is 0 Å². The SMILES string of the molecule is COC(=O)C(CC1CCCCO1)(C(=O)OC)C1CCCC1. The van der Waals surface area contributed by atoms with Gasteiger partial charge in [0.05, 0.1) is 20.3 Å². The van der Waals surface area contributed by atoms with Crippen LogP contribution < -0.4 is 0 Å². The second-order valence-electron chi connectivity index (χ2n) is 6.13. The van der Waals surface area contributed by atoms with E-state index in [9.17, 15) is 9.59 Å². The van der Waals surface area contributed by atoms with Crippen molar-refractivity contribution in [1.29, 1.82) is 0 Å². The minimum atomic E-state index is -1.19. The number of carbonyl (C=O) groups excluding carboxylic acids is 2. The van der Waals surface area contributed by atoms with Crippen molar-refractivity contribution < 1.29 is 23.8 Å². The van der Waals surface area contributed by atoms with E-state index >= 15 is 0 Å². The molecule has 5 nitrogen and oxygen atoms in total. The molecule has 2 aliphatic rings. The molecular weight excluding hydrogens is 272 g/mol. The van der Waals surface area contributed by atoms with Crippen molar-refractivity contribution in [3.8, 4) is 0 Å². The van der Waals surface area contributed by atoms with Crippen molar-refractivity contribution in [3.05, 3.63) is 0 Å². The lowest BCUT2D eigenvalue weighted by molar-refractivity contribution is -0.178. The summed E-state index contributed by atoms with van der Waals surface area (Å²) in [5, 5.41) is 0. The lowest BCUT2D eigenvalue weighted by Crippen LogP contribution is -2.49. The van der Waals surface area contributed by atoms with Gasteiger partial charge in [-0.15, -0.1) is 0 Å². The molecule has 1 heterocycles. The molecule has 2 fully saturated rings. The largest absolute Gasteiger partial charge is 0.468 e. The molecule has 0 aromatic heterocycles. The van der Waals surface area contributed by atoms with Crippen LogP contribution in [-0.2, 0) is 23.8 Å². The molecule has 0 N–H and O–H groups in total. The van der Waals surface area contributed by atoms with Crippen molar-refractivity contribution in [3.63, 3.8) is 0 Å². The van der Waals surface area contributed by atoms with Crippen LogP contribution in [0.5, 0.6) is 0 Å². The van der Waals surface area contributed by atoms with E-state index in [1.165, 1.54) is 14.2 Å². The normalized spacial score (nSPS) is 23.8. The van der Waals surface area contributed by atoms with Crippen LogP contribution in [0.4, 0.5) is 0 Å². The minimum absolute atomic E-state index is 0.00271. The van der Waals surface area contributed by atoms with Crippen LogP contribution in [0.15, 0.2) is 0 Å². The van der Waals surface area contributed by atoms with Gasteiger partial charge in [-0.25, -0.2) is 0 Å².